The first-order chi connectivity index (χ1) is 13.3. The number of nitrogens with zero attached hydrogens (tertiary/aromatic N) is 3. The summed E-state index contributed by atoms with van der Waals surface area (Å²) in [6.45, 7) is 0. The van der Waals surface area contributed by atoms with Gasteiger partial charge in [-0.3, -0.25) is 10.2 Å². The molecular weight excluding hydrogens is 336 g/mol. The predicted molar refractivity (Wildman–Crippen MR) is 109 cm³/mol. The van der Waals surface area contributed by atoms with Crippen molar-refractivity contribution in [3.05, 3.63) is 91.0 Å². The Morgan fingerprint density at radius 2 is 1.37 bits per heavy atom. The summed E-state index contributed by atoms with van der Waals surface area (Å²) in [6.07, 6.45) is 6.34. The number of allylic oxidation sites excluding steroid dienone is 4. The maximum absolute atomic E-state index is 11.2. The van der Waals surface area contributed by atoms with Gasteiger partial charge >= 0.3 is 0 Å². The molecule has 0 unspecified atom stereocenters. The highest BCUT2D eigenvalue weighted by molar-refractivity contribution is 6.16. The first kappa shape index (κ1) is 16.6. The van der Waals surface area contributed by atoms with Crippen molar-refractivity contribution in [2.75, 3.05) is 5.43 Å². The van der Waals surface area contributed by atoms with Gasteiger partial charge in [-0.2, -0.15) is 10.2 Å². The molecule has 27 heavy (non-hydrogen) atoms. The van der Waals surface area contributed by atoms with Gasteiger partial charge in [-0.15, -0.1) is 5.11 Å². The Labute approximate surface area is 156 Å². The van der Waals surface area contributed by atoms with Crippen LogP contribution in [0.25, 0.3) is 10.8 Å². The average molecular weight is 352 g/mol. The molecule has 1 aliphatic rings. The summed E-state index contributed by atoms with van der Waals surface area (Å²) < 4.78 is 0. The fraction of sp³-hybridized carbons (Fsp3) is 0. The molecule has 3 aromatic carbocycles. The molecule has 0 heterocycles. The molecule has 0 bridgehead atoms. The van der Waals surface area contributed by atoms with E-state index in [9.17, 15) is 4.79 Å². The molecule has 0 aliphatic heterocycles. The van der Waals surface area contributed by atoms with Gasteiger partial charge in [-0.25, -0.2) is 0 Å². The fourth-order valence-corrected chi connectivity index (χ4v) is 2.72. The van der Waals surface area contributed by atoms with Crippen molar-refractivity contribution < 1.29 is 4.79 Å². The number of rotatable bonds is 4. The summed E-state index contributed by atoms with van der Waals surface area (Å²) in [4.78, 5) is 11.2. The Bertz CT molecular complexity index is 1090. The SMILES string of the molecule is O=C1C=CC(=NNc2ccc(N=Nc3ccccc3)c3ccccc23)C=C1. The van der Waals surface area contributed by atoms with Gasteiger partial charge in [0.15, 0.2) is 5.78 Å². The van der Waals surface area contributed by atoms with E-state index in [0.29, 0.717) is 5.71 Å². The first-order valence-electron chi connectivity index (χ1n) is 8.52. The minimum atomic E-state index is -0.0347. The van der Waals surface area contributed by atoms with Gasteiger partial charge in [0.2, 0.25) is 0 Å². The van der Waals surface area contributed by atoms with Crippen LogP contribution >= 0.6 is 0 Å². The third-order valence-electron chi connectivity index (χ3n) is 4.07. The van der Waals surface area contributed by atoms with Crippen molar-refractivity contribution in [1.82, 2.24) is 0 Å². The zero-order chi connectivity index (χ0) is 18.5. The molecule has 5 heteroatoms. The Morgan fingerprint density at radius 1 is 0.667 bits per heavy atom. The molecule has 3 aromatic rings. The Morgan fingerprint density at radius 3 is 2.15 bits per heavy atom. The standard InChI is InChI=1S/C22H16N4O/c27-18-12-10-17(11-13-18)24-26-22-15-14-21(19-8-4-5-9-20(19)22)25-23-16-6-2-1-3-7-16/h1-15,26H. The summed E-state index contributed by atoms with van der Waals surface area (Å²) in [6, 6.07) is 21.4. The second-order valence-electron chi connectivity index (χ2n) is 5.93. The normalized spacial score (nSPS) is 13.5. The number of hydrogen-bond acceptors (Lipinski definition) is 5. The number of hydrogen-bond donors (Lipinski definition) is 1. The lowest BCUT2D eigenvalue weighted by Gasteiger charge is -2.08. The minimum Gasteiger partial charge on any atom is -0.290 e. The van der Waals surface area contributed by atoms with Crippen LogP contribution in [0.5, 0.6) is 0 Å². The topological polar surface area (TPSA) is 66.2 Å². The number of anilines is 1. The first-order valence-corrected chi connectivity index (χ1v) is 8.52. The molecule has 0 atom stereocenters. The van der Waals surface area contributed by atoms with Crippen LogP contribution < -0.4 is 5.43 Å². The van der Waals surface area contributed by atoms with E-state index in [1.165, 1.54) is 12.2 Å². The van der Waals surface area contributed by atoms with Crippen molar-refractivity contribution in [3.63, 3.8) is 0 Å². The number of carbonyl (C=O) groups is 1. The van der Waals surface area contributed by atoms with Gasteiger partial charge in [0.1, 0.15) is 0 Å². The lowest BCUT2D eigenvalue weighted by atomic mass is 10.1. The maximum Gasteiger partial charge on any atom is 0.178 e. The van der Waals surface area contributed by atoms with E-state index < -0.39 is 0 Å². The Hall–Kier alpha value is -3.86. The average Bonchev–Trinajstić information content (AvgIpc) is 2.73. The number of ketones is 1. The lowest BCUT2D eigenvalue weighted by molar-refractivity contribution is -0.110. The number of benzene rings is 3. The zero-order valence-electron chi connectivity index (χ0n) is 14.4. The highest BCUT2D eigenvalue weighted by Gasteiger charge is 2.06. The lowest BCUT2D eigenvalue weighted by Crippen LogP contribution is -2.02. The van der Waals surface area contributed by atoms with E-state index in [4.69, 9.17) is 0 Å². The van der Waals surface area contributed by atoms with Crippen molar-refractivity contribution in [1.29, 1.82) is 0 Å². The van der Waals surface area contributed by atoms with Gasteiger partial charge in [-0.1, -0.05) is 42.5 Å². The highest BCUT2D eigenvalue weighted by atomic mass is 16.1. The number of nitrogens with one attached hydrogen (secondary N) is 1. The van der Waals surface area contributed by atoms with Crippen LogP contribution in [-0.4, -0.2) is 11.5 Å². The van der Waals surface area contributed by atoms with E-state index in [0.717, 1.165) is 27.8 Å². The fourth-order valence-electron chi connectivity index (χ4n) is 2.72. The van der Waals surface area contributed by atoms with Gasteiger partial charge in [0.25, 0.3) is 0 Å². The van der Waals surface area contributed by atoms with Gasteiger partial charge in [0, 0.05) is 10.8 Å². The monoisotopic (exact) mass is 352 g/mol. The van der Waals surface area contributed by atoms with Crippen molar-refractivity contribution in [3.8, 4) is 0 Å². The summed E-state index contributed by atoms with van der Waals surface area (Å²) in [5.41, 5.74) is 6.21. The molecule has 0 aromatic heterocycles. The number of carbonyl (C=O) groups excluding carboxylic acids is 1. The molecule has 5 nitrogen and oxygen atoms in total. The van der Waals surface area contributed by atoms with E-state index in [2.05, 4.69) is 20.8 Å². The van der Waals surface area contributed by atoms with E-state index in [-0.39, 0.29) is 5.78 Å². The van der Waals surface area contributed by atoms with Crippen molar-refractivity contribution in [2.24, 2.45) is 15.3 Å². The molecule has 1 N–H and O–H groups in total. The smallest absolute Gasteiger partial charge is 0.178 e. The summed E-state index contributed by atoms with van der Waals surface area (Å²) in [5, 5.41) is 15.0. The Kier molecular flexibility index (Phi) is 4.66. The van der Waals surface area contributed by atoms with E-state index in [1.807, 2.05) is 66.7 Å². The number of hydrazone groups is 1. The summed E-state index contributed by atoms with van der Waals surface area (Å²) in [5.74, 6) is -0.0347. The van der Waals surface area contributed by atoms with Crippen LogP contribution in [0.2, 0.25) is 0 Å². The molecule has 0 spiro atoms. The molecule has 0 fully saturated rings. The van der Waals surface area contributed by atoms with Crippen molar-refractivity contribution >= 4 is 39.3 Å². The third-order valence-corrected chi connectivity index (χ3v) is 4.07. The van der Waals surface area contributed by atoms with E-state index in [1.54, 1.807) is 12.2 Å². The molecule has 0 saturated heterocycles. The van der Waals surface area contributed by atoms with Crippen LogP contribution in [0.1, 0.15) is 0 Å². The van der Waals surface area contributed by atoms with Crippen LogP contribution in [-0.2, 0) is 4.79 Å². The van der Waals surface area contributed by atoms with Crippen LogP contribution in [0.4, 0.5) is 17.1 Å². The third kappa shape index (κ3) is 3.88. The van der Waals surface area contributed by atoms with E-state index >= 15 is 0 Å². The van der Waals surface area contributed by atoms with Crippen LogP contribution in [0, 0.1) is 0 Å². The highest BCUT2D eigenvalue weighted by Crippen LogP contribution is 2.32. The number of azo groups is 1. The number of fused-ring (bicyclic) bond motifs is 1. The predicted octanol–water partition coefficient (Wildman–Crippen LogP) is 5.72. The van der Waals surface area contributed by atoms with Crippen molar-refractivity contribution in [2.45, 2.75) is 0 Å². The minimum absolute atomic E-state index is 0.0347. The largest absolute Gasteiger partial charge is 0.290 e. The summed E-state index contributed by atoms with van der Waals surface area (Å²) >= 11 is 0. The molecule has 0 saturated carbocycles. The van der Waals surface area contributed by atoms with Gasteiger partial charge in [-0.05, 0) is 48.6 Å². The molecular formula is C22H16N4O. The van der Waals surface area contributed by atoms with Gasteiger partial charge < -0.3 is 0 Å². The molecule has 4 rings (SSSR count). The molecule has 1 aliphatic carbocycles. The second kappa shape index (κ2) is 7.58. The van der Waals surface area contributed by atoms with Crippen LogP contribution in [0.15, 0.2) is 106 Å². The second-order valence-corrected chi connectivity index (χ2v) is 5.93. The van der Waals surface area contributed by atoms with Gasteiger partial charge in [0.05, 0.1) is 22.8 Å². The zero-order valence-corrected chi connectivity index (χ0v) is 14.4. The molecule has 0 amide bonds. The quantitative estimate of drug-likeness (QED) is 0.371. The maximum atomic E-state index is 11.2. The Balaban J connectivity index is 1.65. The summed E-state index contributed by atoms with van der Waals surface area (Å²) in [7, 11) is 0. The molecule has 0 radical (unpaired) electrons. The molecule has 130 valence electrons. The van der Waals surface area contributed by atoms with Crippen LogP contribution in [0.3, 0.4) is 0 Å².